The molecule has 0 aromatic heterocycles. The number of carboxylic acids is 2. The molecule has 0 atom stereocenters. The molecular formula is C14H10IO4+. The fourth-order valence-corrected chi connectivity index (χ4v) is 3.59. The predicted molar refractivity (Wildman–Crippen MR) is 64.2 cm³/mol. The van der Waals surface area contributed by atoms with Crippen molar-refractivity contribution in [1.29, 1.82) is 0 Å². The van der Waals surface area contributed by atoms with E-state index in [0.717, 1.165) is 7.14 Å². The number of hydrogen-bond donors (Lipinski definition) is 2. The van der Waals surface area contributed by atoms with Gasteiger partial charge in [-0.15, -0.1) is 0 Å². The topological polar surface area (TPSA) is 74.6 Å². The van der Waals surface area contributed by atoms with Gasteiger partial charge in [-0.1, -0.05) is 0 Å². The molecule has 0 radical (unpaired) electrons. The van der Waals surface area contributed by atoms with Crippen molar-refractivity contribution in [3.63, 3.8) is 0 Å². The van der Waals surface area contributed by atoms with Crippen LogP contribution in [0.2, 0.25) is 0 Å². The van der Waals surface area contributed by atoms with E-state index in [1.54, 1.807) is 24.3 Å². The van der Waals surface area contributed by atoms with Gasteiger partial charge < -0.3 is 10.2 Å². The number of carboxylic acid groups (broad SMARTS) is 2. The molecule has 0 aliphatic heterocycles. The second-order valence-electron chi connectivity index (χ2n) is 3.72. The number of carbonyl (C=O) groups is 2. The first kappa shape index (κ1) is 13.5. The molecule has 0 fully saturated rings. The van der Waals surface area contributed by atoms with Gasteiger partial charge in [0, 0.05) is 0 Å². The minimum Gasteiger partial charge on any atom is -0.478 e. The van der Waals surface area contributed by atoms with Crippen LogP contribution in [-0.2, 0) is 0 Å². The molecular weight excluding hydrogens is 359 g/mol. The molecule has 5 heteroatoms. The summed E-state index contributed by atoms with van der Waals surface area (Å²) in [6.07, 6.45) is 0. The lowest BCUT2D eigenvalue weighted by atomic mass is 10.2. The second-order valence-corrected chi connectivity index (χ2v) is 6.75. The molecule has 2 aromatic rings. The maximum absolute atomic E-state index is 10.7. The zero-order chi connectivity index (χ0) is 13.8. The lowest BCUT2D eigenvalue weighted by Gasteiger charge is -1.93. The smallest absolute Gasteiger partial charge is 0.357 e. The van der Waals surface area contributed by atoms with E-state index >= 15 is 0 Å². The molecule has 0 aliphatic carbocycles. The van der Waals surface area contributed by atoms with Crippen LogP contribution in [0, 0.1) is 7.14 Å². The lowest BCUT2D eigenvalue weighted by molar-refractivity contribution is -0.597. The van der Waals surface area contributed by atoms with Gasteiger partial charge in [-0.2, -0.15) is 0 Å². The Bertz CT molecular complexity index is 547. The maximum atomic E-state index is 10.7. The van der Waals surface area contributed by atoms with Crippen LogP contribution in [0.1, 0.15) is 20.7 Å². The molecule has 96 valence electrons. The van der Waals surface area contributed by atoms with Crippen LogP contribution in [-0.4, -0.2) is 22.2 Å². The fourth-order valence-electron chi connectivity index (χ4n) is 1.44. The predicted octanol–water partition coefficient (Wildman–Crippen LogP) is -0.789. The molecule has 2 N–H and O–H groups in total. The zero-order valence-electron chi connectivity index (χ0n) is 9.71. The molecule has 0 bridgehead atoms. The summed E-state index contributed by atoms with van der Waals surface area (Å²) in [6.45, 7) is 0. The highest BCUT2D eigenvalue weighted by atomic mass is 127. The van der Waals surface area contributed by atoms with Crippen molar-refractivity contribution >= 4 is 11.9 Å². The minimum absolute atomic E-state index is 0.272. The third-order valence-electron chi connectivity index (χ3n) is 2.40. The lowest BCUT2D eigenvalue weighted by Crippen LogP contribution is -3.61. The Labute approximate surface area is 120 Å². The molecule has 0 saturated carbocycles. The summed E-state index contributed by atoms with van der Waals surface area (Å²) in [5.74, 6) is -1.87. The van der Waals surface area contributed by atoms with Gasteiger partial charge in [0.25, 0.3) is 0 Å². The van der Waals surface area contributed by atoms with Crippen LogP contribution in [0.3, 0.4) is 0 Å². The van der Waals surface area contributed by atoms with Gasteiger partial charge in [0.15, 0.2) is 7.14 Å². The Morgan fingerprint density at radius 2 is 1.00 bits per heavy atom. The first-order chi connectivity index (χ1) is 9.06. The van der Waals surface area contributed by atoms with Crippen molar-refractivity contribution in [3.8, 4) is 0 Å². The van der Waals surface area contributed by atoms with Gasteiger partial charge >= 0.3 is 33.1 Å². The highest BCUT2D eigenvalue weighted by molar-refractivity contribution is 5.87. The molecule has 0 spiro atoms. The summed E-state index contributed by atoms with van der Waals surface area (Å²) in [5.41, 5.74) is 0.544. The molecule has 0 heterocycles. The molecule has 2 aromatic carbocycles. The van der Waals surface area contributed by atoms with E-state index in [0.29, 0.717) is 0 Å². The van der Waals surface area contributed by atoms with Crippen LogP contribution in [0.4, 0.5) is 0 Å². The molecule has 19 heavy (non-hydrogen) atoms. The quantitative estimate of drug-likeness (QED) is 0.693. The highest BCUT2D eigenvalue weighted by Crippen LogP contribution is 1.99. The van der Waals surface area contributed by atoms with E-state index in [4.69, 9.17) is 10.2 Å². The third kappa shape index (κ3) is 3.54. The fraction of sp³-hybridized carbons (Fsp3) is 0. The first-order valence-electron chi connectivity index (χ1n) is 5.38. The molecule has 0 amide bonds. The van der Waals surface area contributed by atoms with Crippen molar-refractivity contribution in [2.75, 3.05) is 0 Å². The number of hydrogen-bond acceptors (Lipinski definition) is 2. The van der Waals surface area contributed by atoms with Gasteiger partial charge in [0.1, 0.15) is 0 Å². The molecule has 4 nitrogen and oxygen atoms in total. The average Bonchev–Trinajstić information content (AvgIpc) is 2.40. The summed E-state index contributed by atoms with van der Waals surface area (Å²) in [6, 6.07) is 13.6. The molecule has 2 rings (SSSR count). The van der Waals surface area contributed by atoms with E-state index in [1.807, 2.05) is 24.3 Å². The van der Waals surface area contributed by atoms with Crippen LogP contribution in [0.25, 0.3) is 0 Å². The van der Waals surface area contributed by atoms with Crippen molar-refractivity contribution < 1.29 is 41.0 Å². The van der Waals surface area contributed by atoms with Gasteiger partial charge in [0.05, 0.1) is 11.1 Å². The number of halogens is 1. The van der Waals surface area contributed by atoms with Crippen molar-refractivity contribution in [3.05, 3.63) is 66.8 Å². The van der Waals surface area contributed by atoms with Crippen molar-refractivity contribution in [2.45, 2.75) is 0 Å². The summed E-state index contributed by atoms with van der Waals surface area (Å²) in [5, 5.41) is 17.6. The standard InChI is InChI=1S/C14H9IO4/c16-13(17)9-1-5-11(6-2-9)15-12-7-3-10(4-8-12)14(18)19/h1-8H,(H-,16,17,18,19)/p+1. The second kappa shape index (κ2) is 5.83. The molecule has 0 unspecified atom stereocenters. The summed E-state index contributed by atoms with van der Waals surface area (Å²) in [4.78, 5) is 21.5. The van der Waals surface area contributed by atoms with E-state index in [-0.39, 0.29) is 11.1 Å². The van der Waals surface area contributed by atoms with E-state index < -0.39 is 33.1 Å². The Morgan fingerprint density at radius 1 is 0.684 bits per heavy atom. The van der Waals surface area contributed by atoms with Crippen molar-refractivity contribution in [1.82, 2.24) is 0 Å². The summed E-state index contributed by atoms with van der Waals surface area (Å²) in [7, 11) is 0. The molecule has 0 saturated heterocycles. The number of rotatable bonds is 4. The monoisotopic (exact) mass is 369 g/mol. The Morgan fingerprint density at radius 3 is 1.26 bits per heavy atom. The van der Waals surface area contributed by atoms with E-state index in [1.165, 1.54) is 0 Å². The van der Waals surface area contributed by atoms with Gasteiger partial charge in [0.2, 0.25) is 0 Å². The summed E-state index contributed by atoms with van der Waals surface area (Å²) >= 11 is -0.422. The minimum atomic E-state index is -0.935. The first-order valence-corrected chi connectivity index (χ1v) is 7.53. The maximum Gasteiger partial charge on any atom is 0.357 e. The van der Waals surface area contributed by atoms with Gasteiger partial charge in [-0.05, 0) is 48.5 Å². The molecule has 0 aliphatic rings. The van der Waals surface area contributed by atoms with E-state index in [2.05, 4.69) is 0 Å². The number of benzene rings is 2. The Kier molecular flexibility index (Phi) is 4.16. The van der Waals surface area contributed by atoms with Crippen molar-refractivity contribution in [2.24, 2.45) is 0 Å². The largest absolute Gasteiger partial charge is 0.478 e. The van der Waals surface area contributed by atoms with Crippen LogP contribution < -0.4 is 21.2 Å². The van der Waals surface area contributed by atoms with Crippen LogP contribution in [0.5, 0.6) is 0 Å². The normalized spacial score (nSPS) is 10.1. The van der Waals surface area contributed by atoms with Crippen LogP contribution in [0.15, 0.2) is 48.5 Å². The third-order valence-corrected chi connectivity index (χ3v) is 5.08. The SMILES string of the molecule is O=C(O)c1ccc([I+]c2ccc(C(=O)O)cc2)cc1. The Balaban J connectivity index is 2.12. The van der Waals surface area contributed by atoms with Gasteiger partial charge in [-0.3, -0.25) is 0 Å². The Hall–Kier alpha value is -1.89. The van der Waals surface area contributed by atoms with Crippen LogP contribution >= 0.6 is 0 Å². The zero-order valence-corrected chi connectivity index (χ0v) is 11.9. The number of aromatic carboxylic acids is 2. The average molecular weight is 369 g/mol. The van der Waals surface area contributed by atoms with E-state index in [9.17, 15) is 9.59 Å². The van der Waals surface area contributed by atoms with Gasteiger partial charge in [-0.25, -0.2) is 9.59 Å². The highest BCUT2D eigenvalue weighted by Gasteiger charge is 2.16. The summed E-state index contributed by atoms with van der Waals surface area (Å²) < 4.78 is 2.18.